The van der Waals surface area contributed by atoms with Crippen molar-refractivity contribution in [2.45, 2.75) is 65.7 Å². The summed E-state index contributed by atoms with van der Waals surface area (Å²) in [6, 6.07) is 11.5. The van der Waals surface area contributed by atoms with Crippen LogP contribution in [0.1, 0.15) is 81.1 Å². The molecule has 134 valence electrons. The number of rotatable bonds is 3. The molecule has 2 aromatic rings. The van der Waals surface area contributed by atoms with Crippen LogP contribution in [-0.2, 0) is 17.3 Å². The molecule has 0 saturated carbocycles. The maximum absolute atomic E-state index is 13.0. The predicted octanol–water partition coefficient (Wildman–Crippen LogP) is 5.78. The zero-order valence-corrected chi connectivity index (χ0v) is 16.5. The van der Waals surface area contributed by atoms with E-state index >= 15 is 0 Å². The van der Waals surface area contributed by atoms with Crippen LogP contribution in [0.5, 0.6) is 5.75 Å². The summed E-state index contributed by atoms with van der Waals surface area (Å²) in [6.45, 7) is 14.4. The van der Waals surface area contributed by atoms with E-state index in [1.807, 2.05) is 36.4 Å². The molecule has 0 spiro atoms. The van der Waals surface area contributed by atoms with Crippen LogP contribution in [0, 0.1) is 0 Å². The molecule has 2 rings (SSSR count). The third-order valence-corrected chi connectivity index (χ3v) is 4.61. The van der Waals surface area contributed by atoms with Crippen molar-refractivity contribution >= 4 is 5.78 Å². The van der Waals surface area contributed by atoms with Gasteiger partial charge in [-0.2, -0.15) is 0 Å². The lowest BCUT2D eigenvalue weighted by Gasteiger charge is -2.28. The van der Waals surface area contributed by atoms with E-state index in [9.17, 15) is 9.90 Å². The highest BCUT2D eigenvalue weighted by molar-refractivity contribution is 6.09. The second kappa shape index (κ2) is 6.67. The maximum Gasteiger partial charge on any atom is 0.193 e. The monoisotopic (exact) mass is 338 g/mol. The van der Waals surface area contributed by atoms with Crippen molar-refractivity contribution in [1.82, 2.24) is 0 Å². The van der Waals surface area contributed by atoms with Crippen LogP contribution < -0.4 is 0 Å². The van der Waals surface area contributed by atoms with Crippen molar-refractivity contribution in [2.75, 3.05) is 0 Å². The number of hydrogen-bond acceptors (Lipinski definition) is 2. The third-order valence-electron chi connectivity index (χ3n) is 4.61. The molecule has 0 aromatic heterocycles. The van der Waals surface area contributed by atoms with Crippen molar-refractivity contribution in [3.8, 4) is 5.75 Å². The summed E-state index contributed by atoms with van der Waals surface area (Å²) < 4.78 is 0. The van der Waals surface area contributed by atoms with Crippen LogP contribution in [0.25, 0.3) is 0 Å². The lowest BCUT2D eigenvalue weighted by molar-refractivity contribution is 0.103. The van der Waals surface area contributed by atoms with E-state index in [-0.39, 0.29) is 16.6 Å². The molecule has 25 heavy (non-hydrogen) atoms. The Morgan fingerprint density at radius 3 is 1.64 bits per heavy atom. The van der Waals surface area contributed by atoms with E-state index in [0.717, 1.165) is 17.5 Å². The quantitative estimate of drug-likeness (QED) is 0.720. The highest BCUT2D eigenvalue weighted by Gasteiger charge is 2.28. The highest BCUT2D eigenvalue weighted by atomic mass is 16.3. The molecule has 2 aromatic carbocycles. The summed E-state index contributed by atoms with van der Waals surface area (Å²) in [5.74, 6) is 0.302. The number of aryl methyl sites for hydroxylation is 1. The first-order chi connectivity index (χ1) is 11.4. The summed E-state index contributed by atoms with van der Waals surface area (Å²) in [5, 5.41) is 10.8. The van der Waals surface area contributed by atoms with Crippen molar-refractivity contribution in [2.24, 2.45) is 0 Å². The number of ketones is 1. The number of carbonyl (C=O) groups excluding carboxylic acids is 1. The molecule has 2 nitrogen and oxygen atoms in total. The third kappa shape index (κ3) is 4.12. The summed E-state index contributed by atoms with van der Waals surface area (Å²) in [5.41, 5.74) is 3.67. The van der Waals surface area contributed by atoms with Gasteiger partial charge in [0.25, 0.3) is 0 Å². The number of carbonyl (C=O) groups is 1. The minimum absolute atomic E-state index is 0.00125. The number of benzene rings is 2. The van der Waals surface area contributed by atoms with Gasteiger partial charge in [0.1, 0.15) is 5.75 Å². The molecule has 0 amide bonds. The first-order valence-electron chi connectivity index (χ1n) is 8.96. The molecule has 0 fully saturated rings. The second-order valence-electron chi connectivity index (χ2n) is 8.80. The van der Waals surface area contributed by atoms with E-state index in [1.165, 1.54) is 5.56 Å². The minimum Gasteiger partial charge on any atom is -0.507 e. The van der Waals surface area contributed by atoms with Gasteiger partial charge in [0, 0.05) is 22.3 Å². The van der Waals surface area contributed by atoms with Crippen molar-refractivity contribution in [3.05, 3.63) is 64.2 Å². The van der Waals surface area contributed by atoms with Crippen molar-refractivity contribution in [1.29, 1.82) is 0 Å². The van der Waals surface area contributed by atoms with E-state index in [4.69, 9.17) is 0 Å². The minimum atomic E-state index is -0.244. The Hall–Kier alpha value is -2.09. The highest BCUT2D eigenvalue weighted by Crippen LogP contribution is 2.40. The molecule has 0 atom stereocenters. The van der Waals surface area contributed by atoms with Crippen LogP contribution in [-0.4, -0.2) is 10.9 Å². The van der Waals surface area contributed by atoms with E-state index in [0.29, 0.717) is 16.9 Å². The van der Waals surface area contributed by atoms with Gasteiger partial charge in [-0.25, -0.2) is 0 Å². The fraction of sp³-hybridized carbons (Fsp3) is 0.435. The topological polar surface area (TPSA) is 37.3 Å². The van der Waals surface area contributed by atoms with Crippen molar-refractivity contribution < 1.29 is 9.90 Å². The molecule has 1 N–H and O–H groups in total. The lowest BCUT2D eigenvalue weighted by Crippen LogP contribution is -2.19. The lowest BCUT2D eigenvalue weighted by atomic mass is 9.77. The SMILES string of the molecule is CCc1ccc(C(=O)c2cc(C(C)(C)C)c(O)c(C(C)(C)C)c2)cc1. The van der Waals surface area contributed by atoms with Crippen LogP contribution >= 0.6 is 0 Å². The van der Waals surface area contributed by atoms with Gasteiger partial charge in [-0.15, -0.1) is 0 Å². The largest absolute Gasteiger partial charge is 0.507 e. The van der Waals surface area contributed by atoms with E-state index in [1.54, 1.807) is 0 Å². The van der Waals surface area contributed by atoms with Crippen LogP contribution in [0.3, 0.4) is 0 Å². The molecular formula is C23H30O2. The summed E-state index contributed by atoms with van der Waals surface area (Å²) >= 11 is 0. The molecule has 0 radical (unpaired) electrons. The van der Waals surface area contributed by atoms with Gasteiger partial charge < -0.3 is 5.11 Å². The fourth-order valence-corrected chi connectivity index (χ4v) is 2.97. The molecule has 0 aliphatic carbocycles. The zero-order valence-electron chi connectivity index (χ0n) is 16.5. The summed E-state index contributed by atoms with van der Waals surface area (Å²) in [4.78, 5) is 13.0. The van der Waals surface area contributed by atoms with Crippen LogP contribution in [0.4, 0.5) is 0 Å². The number of aromatic hydroxyl groups is 1. The first-order valence-corrected chi connectivity index (χ1v) is 8.96. The number of phenols is 1. The standard InChI is InChI=1S/C23H30O2/c1-8-15-9-11-16(12-10-15)20(24)17-13-18(22(2,3)4)21(25)19(14-17)23(5,6)7/h9-14,25H,8H2,1-7H3. The summed E-state index contributed by atoms with van der Waals surface area (Å²) in [6.07, 6.45) is 0.954. The smallest absolute Gasteiger partial charge is 0.193 e. The van der Waals surface area contributed by atoms with Gasteiger partial charge in [-0.3, -0.25) is 4.79 Å². The molecule has 0 aliphatic rings. The van der Waals surface area contributed by atoms with Gasteiger partial charge in [-0.05, 0) is 34.9 Å². The zero-order chi connectivity index (χ0) is 19.0. The Morgan fingerprint density at radius 2 is 1.28 bits per heavy atom. The average Bonchev–Trinajstić information content (AvgIpc) is 2.52. The Balaban J connectivity index is 2.62. The Morgan fingerprint density at radius 1 is 0.840 bits per heavy atom. The fourth-order valence-electron chi connectivity index (χ4n) is 2.97. The van der Waals surface area contributed by atoms with E-state index < -0.39 is 0 Å². The molecule has 0 saturated heterocycles. The predicted molar refractivity (Wildman–Crippen MR) is 105 cm³/mol. The van der Waals surface area contributed by atoms with Gasteiger partial charge in [0.15, 0.2) is 5.78 Å². The van der Waals surface area contributed by atoms with Crippen LogP contribution in [0.15, 0.2) is 36.4 Å². The molecule has 0 aliphatic heterocycles. The Labute approximate surface area is 151 Å². The van der Waals surface area contributed by atoms with Gasteiger partial charge in [-0.1, -0.05) is 72.7 Å². The Bertz CT molecular complexity index is 734. The molecule has 2 heteroatoms. The number of phenolic OH excluding ortho intramolecular Hbond substituents is 1. The first kappa shape index (κ1) is 19.2. The van der Waals surface area contributed by atoms with Gasteiger partial charge >= 0.3 is 0 Å². The van der Waals surface area contributed by atoms with E-state index in [2.05, 4.69) is 48.5 Å². The van der Waals surface area contributed by atoms with Gasteiger partial charge in [0.05, 0.1) is 0 Å². The maximum atomic E-state index is 13.0. The second-order valence-corrected chi connectivity index (χ2v) is 8.80. The number of hydrogen-bond donors (Lipinski definition) is 1. The van der Waals surface area contributed by atoms with Crippen LogP contribution in [0.2, 0.25) is 0 Å². The van der Waals surface area contributed by atoms with Gasteiger partial charge in [0.2, 0.25) is 0 Å². The average molecular weight is 338 g/mol. The molecule has 0 heterocycles. The molecular weight excluding hydrogens is 308 g/mol. The normalized spacial score (nSPS) is 12.3. The molecule has 0 bridgehead atoms. The summed E-state index contributed by atoms with van der Waals surface area (Å²) in [7, 11) is 0. The molecule has 0 unspecified atom stereocenters. The van der Waals surface area contributed by atoms with Crippen molar-refractivity contribution in [3.63, 3.8) is 0 Å². The Kier molecular flexibility index (Phi) is 5.13.